The summed E-state index contributed by atoms with van der Waals surface area (Å²) in [7, 11) is 0. The highest BCUT2D eigenvalue weighted by atomic mass is 32.1. The molecule has 0 bridgehead atoms. The van der Waals surface area contributed by atoms with Gasteiger partial charge in [0.2, 0.25) is 0 Å². The number of thiazole rings is 1. The molecule has 1 aliphatic heterocycles. The topological polar surface area (TPSA) is 59.4 Å². The molecule has 88 valence electrons. The molecule has 1 N–H and O–H groups in total. The van der Waals surface area contributed by atoms with Crippen LogP contribution >= 0.6 is 11.3 Å². The first-order chi connectivity index (χ1) is 7.75. The SMILES string of the molecule is O=C(O)CCc1cnc(C2CCCOC2)s1. The maximum atomic E-state index is 10.4. The van der Waals surface area contributed by atoms with Crippen LogP contribution in [0, 0.1) is 0 Å². The molecule has 0 saturated carbocycles. The molecule has 0 radical (unpaired) electrons. The third-order valence-electron chi connectivity index (χ3n) is 2.67. The molecule has 1 aromatic rings. The lowest BCUT2D eigenvalue weighted by atomic mass is 10.0. The molecule has 2 rings (SSSR count). The molecule has 1 aromatic heterocycles. The van der Waals surface area contributed by atoms with Crippen molar-refractivity contribution in [1.29, 1.82) is 0 Å². The first-order valence-corrected chi connectivity index (χ1v) is 6.31. The van der Waals surface area contributed by atoms with E-state index in [2.05, 4.69) is 4.98 Å². The van der Waals surface area contributed by atoms with E-state index < -0.39 is 5.97 Å². The van der Waals surface area contributed by atoms with E-state index in [-0.39, 0.29) is 6.42 Å². The van der Waals surface area contributed by atoms with Gasteiger partial charge in [-0.05, 0) is 19.3 Å². The molecule has 1 aliphatic rings. The molecule has 5 heteroatoms. The normalized spacial score (nSPS) is 20.9. The average molecular weight is 241 g/mol. The van der Waals surface area contributed by atoms with Gasteiger partial charge >= 0.3 is 5.97 Å². The number of rotatable bonds is 4. The van der Waals surface area contributed by atoms with E-state index in [1.165, 1.54) is 0 Å². The first kappa shape index (κ1) is 11.5. The smallest absolute Gasteiger partial charge is 0.303 e. The van der Waals surface area contributed by atoms with E-state index in [1.807, 2.05) is 0 Å². The zero-order valence-electron chi connectivity index (χ0n) is 9.02. The van der Waals surface area contributed by atoms with Crippen LogP contribution in [-0.2, 0) is 16.0 Å². The molecule has 0 amide bonds. The number of carboxylic acid groups (broad SMARTS) is 1. The fourth-order valence-corrected chi connectivity index (χ4v) is 2.83. The van der Waals surface area contributed by atoms with Crippen molar-refractivity contribution in [1.82, 2.24) is 4.98 Å². The molecule has 16 heavy (non-hydrogen) atoms. The van der Waals surface area contributed by atoms with E-state index in [0.717, 1.165) is 35.9 Å². The van der Waals surface area contributed by atoms with Gasteiger partial charge in [0.1, 0.15) is 0 Å². The number of aryl methyl sites for hydroxylation is 1. The number of hydrogen-bond donors (Lipinski definition) is 1. The fourth-order valence-electron chi connectivity index (χ4n) is 1.79. The zero-order chi connectivity index (χ0) is 11.4. The van der Waals surface area contributed by atoms with Crippen molar-refractivity contribution in [2.45, 2.75) is 31.6 Å². The predicted molar refractivity (Wildman–Crippen MR) is 60.9 cm³/mol. The highest BCUT2D eigenvalue weighted by Crippen LogP contribution is 2.29. The third kappa shape index (κ3) is 3.02. The van der Waals surface area contributed by atoms with Gasteiger partial charge in [-0.2, -0.15) is 0 Å². The minimum Gasteiger partial charge on any atom is -0.481 e. The summed E-state index contributed by atoms with van der Waals surface area (Å²) >= 11 is 1.63. The number of nitrogens with zero attached hydrogens (tertiary/aromatic N) is 1. The lowest BCUT2D eigenvalue weighted by Crippen LogP contribution is -2.15. The average Bonchev–Trinajstić information content (AvgIpc) is 2.76. The van der Waals surface area contributed by atoms with Gasteiger partial charge in [0.25, 0.3) is 0 Å². The number of aromatic nitrogens is 1. The Morgan fingerprint density at radius 2 is 2.56 bits per heavy atom. The third-order valence-corrected chi connectivity index (χ3v) is 3.89. The van der Waals surface area contributed by atoms with E-state index >= 15 is 0 Å². The maximum Gasteiger partial charge on any atom is 0.303 e. The summed E-state index contributed by atoms with van der Waals surface area (Å²) in [5, 5.41) is 9.69. The lowest BCUT2D eigenvalue weighted by Gasteiger charge is -2.19. The van der Waals surface area contributed by atoms with Crippen LogP contribution in [-0.4, -0.2) is 29.3 Å². The van der Waals surface area contributed by atoms with Crippen LogP contribution in [0.15, 0.2) is 6.20 Å². The van der Waals surface area contributed by atoms with Gasteiger partial charge < -0.3 is 9.84 Å². The van der Waals surface area contributed by atoms with Crippen LogP contribution in [0.3, 0.4) is 0 Å². The summed E-state index contributed by atoms with van der Waals surface area (Å²) in [6.07, 6.45) is 4.79. The molecule has 0 spiro atoms. The summed E-state index contributed by atoms with van der Waals surface area (Å²) in [6, 6.07) is 0. The Hall–Kier alpha value is -0.940. The Balaban J connectivity index is 1.93. The second-order valence-corrected chi connectivity index (χ2v) is 5.12. The predicted octanol–water partition coefficient (Wildman–Crippen LogP) is 2.05. The number of carbonyl (C=O) groups is 1. The fraction of sp³-hybridized carbons (Fsp3) is 0.636. The Morgan fingerprint density at radius 3 is 3.25 bits per heavy atom. The van der Waals surface area contributed by atoms with E-state index in [4.69, 9.17) is 9.84 Å². The largest absolute Gasteiger partial charge is 0.481 e. The van der Waals surface area contributed by atoms with E-state index in [9.17, 15) is 4.79 Å². The van der Waals surface area contributed by atoms with Crippen LogP contribution in [0.4, 0.5) is 0 Å². The van der Waals surface area contributed by atoms with Gasteiger partial charge in [-0.25, -0.2) is 4.98 Å². The molecule has 1 saturated heterocycles. The van der Waals surface area contributed by atoms with Gasteiger partial charge in [-0.15, -0.1) is 11.3 Å². The summed E-state index contributed by atoms with van der Waals surface area (Å²) in [5.41, 5.74) is 0. The monoisotopic (exact) mass is 241 g/mol. The van der Waals surface area contributed by atoms with Gasteiger partial charge in [-0.3, -0.25) is 4.79 Å². The zero-order valence-corrected chi connectivity index (χ0v) is 9.83. The molecule has 4 nitrogen and oxygen atoms in total. The Bertz CT molecular complexity index is 358. The number of ether oxygens (including phenoxy) is 1. The maximum absolute atomic E-state index is 10.4. The minimum absolute atomic E-state index is 0.183. The van der Waals surface area contributed by atoms with Crippen molar-refractivity contribution in [3.8, 4) is 0 Å². The number of carboxylic acids is 1. The van der Waals surface area contributed by atoms with Crippen LogP contribution < -0.4 is 0 Å². The van der Waals surface area contributed by atoms with Crippen LogP contribution in [0.1, 0.15) is 35.1 Å². The number of aliphatic carboxylic acids is 1. The summed E-state index contributed by atoms with van der Waals surface area (Å²) in [4.78, 5) is 15.9. The molecule has 2 heterocycles. The van der Waals surface area contributed by atoms with Crippen LogP contribution in [0.25, 0.3) is 0 Å². The van der Waals surface area contributed by atoms with Gasteiger partial charge in [-0.1, -0.05) is 0 Å². The molecular weight excluding hydrogens is 226 g/mol. The Morgan fingerprint density at radius 1 is 1.69 bits per heavy atom. The molecule has 1 fully saturated rings. The highest BCUT2D eigenvalue weighted by Gasteiger charge is 2.19. The van der Waals surface area contributed by atoms with Crippen LogP contribution in [0.2, 0.25) is 0 Å². The van der Waals surface area contributed by atoms with Crippen LogP contribution in [0.5, 0.6) is 0 Å². The van der Waals surface area contributed by atoms with E-state index in [1.54, 1.807) is 17.5 Å². The lowest BCUT2D eigenvalue weighted by molar-refractivity contribution is -0.136. The van der Waals surface area contributed by atoms with Crippen molar-refractivity contribution >= 4 is 17.3 Å². The standard InChI is InChI=1S/C11H15NO3S/c13-10(14)4-3-9-6-12-11(16-9)8-2-1-5-15-7-8/h6,8H,1-5,7H2,(H,13,14). The molecule has 0 aromatic carbocycles. The van der Waals surface area contributed by atoms with Crippen molar-refractivity contribution in [2.24, 2.45) is 0 Å². The van der Waals surface area contributed by atoms with Crippen molar-refractivity contribution < 1.29 is 14.6 Å². The molecular formula is C11H15NO3S. The number of hydrogen-bond acceptors (Lipinski definition) is 4. The molecule has 1 unspecified atom stereocenters. The quantitative estimate of drug-likeness (QED) is 0.876. The first-order valence-electron chi connectivity index (χ1n) is 5.50. The van der Waals surface area contributed by atoms with Crippen molar-refractivity contribution in [3.63, 3.8) is 0 Å². The molecule has 0 aliphatic carbocycles. The summed E-state index contributed by atoms with van der Waals surface area (Å²) in [5.74, 6) is -0.340. The minimum atomic E-state index is -0.754. The second-order valence-electron chi connectivity index (χ2n) is 3.97. The van der Waals surface area contributed by atoms with Gasteiger partial charge in [0.05, 0.1) is 18.0 Å². The Labute approximate surface area is 98.3 Å². The highest BCUT2D eigenvalue weighted by molar-refractivity contribution is 7.11. The molecule has 1 atom stereocenters. The van der Waals surface area contributed by atoms with Gasteiger partial charge in [0, 0.05) is 23.6 Å². The van der Waals surface area contributed by atoms with Crippen molar-refractivity contribution in [3.05, 3.63) is 16.1 Å². The second kappa shape index (κ2) is 5.41. The van der Waals surface area contributed by atoms with Crippen molar-refractivity contribution in [2.75, 3.05) is 13.2 Å². The van der Waals surface area contributed by atoms with Gasteiger partial charge in [0.15, 0.2) is 0 Å². The summed E-state index contributed by atoms with van der Waals surface area (Å²) in [6.45, 7) is 1.61. The van der Waals surface area contributed by atoms with E-state index in [0.29, 0.717) is 12.3 Å². The summed E-state index contributed by atoms with van der Waals surface area (Å²) < 4.78 is 5.42. The Kier molecular flexibility index (Phi) is 3.90.